The van der Waals surface area contributed by atoms with Gasteiger partial charge in [-0.2, -0.15) is 0 Å². The van der Waals surface area contributed by atoms with Crippen molar-refractivity contribution in [3.63, 3.8) is 0 Å². The van der Waals surface area contributed by atoms with Crippen LogP contribution in [0.2, 0.25) is 0 Å². The highest BCUT2D eigenvalue weighted by molar-refractivity contribution is 6.06. The number of rotatable bonds is 4. The van der Waals surface area contributed by atoms with E-state index in [1.807, 2.05) is 30.3 Å². The number of ether oxygens (including phenoxy) is 1. The average Bonchev–Trinajstić information content (AvgIpc) is 3.29. The third-order valence-corrected chi connectivity index (χ3v) is 3.93. The molecule has 2 nitrogen and oxygen atoms in total. The van der Waals surface area contributed by atoms with Gasteiger partial charge in [-0.05, 0) is 36.6 Å². The summed E-state index contributed by atoms with van der Waals surface area (Å²) in [5.74, 6) is -0.349. The largest absolute Gasteiger partial charge is 0.494 e. The summed E-state index contributed by atoms with van der Waals surface area (Å²) in [7, 11) is 1.41. The van der Waals surface area contributed by atoms with E-state index in [1.165, 1.54) is 19.2 Å². The van der Waals surface area contributed by atoms with Crippen LogP contribution in [-0.4, -0.2) is 12.9 Å². The quantitative estimate of drug-likeness (QED) is 0.791. The van der Waals surface area contributed by atoms with Crippen LogP contribution in [0.25, 0.3) is 0 Å². The Bertz CT molecular complexity index is 645. The van der Waals surface area contributed by atoms with Crippen LogP contribution in [0, 0.1) is 5.82 Å². The molecule has 102 valence electrons. The van der Waals surface area contributed by atoms with Crippen molar-refractivity contribution in [2.75, 3.05) is 7.11 Å². The van der Waals surface area contributed by atoms with Crippen molar-refractivity contribution < 1.29 is 13.9 Å². The highest BCUT2D eigenvalue weighted by atomic mass is 19.1. The lowest BCUT2D eigenvalue weighted by Crippen LogP contribution is -2.20. The molecule has 3 heteroatoms. The van der Waals surface area contributed by atoms with E-state index in [1.54, 1.807) is 6.07 Å². The van der Waals surface area contributed by atoms with Gasteiger partial charge in [0.25, 0.3) is 0 Å². The molecule has 0 radical (unpaired) electrons. The molecule has 0 spiro atoms. The van der Waals surface area contributed by atoms with E-state index < -0.39 is 11.2 Å². The first kappa shape index (κ1) is 12.9. The van der Waals surface area contributed by atoms with E-state index >= 15 is 0 Å². The lowest BCUT2D eigenvalue weighted by molar-refractivity contribution is 0.0945. The predicted octanol–water partition coefficient (Wildman–Crippen LogP) is 3.75. The monoisotopic (exact) mass is 270 g/mol. The van der Waals surface area contributed by atoms with Gasteiger partial charge in [0.15, 0.2) is 17.3 Å². The third-order valence-electron chi connectivity index (χ3n) is 3.93. The Labute approximate surface area is 117 Å². The standard InChI is InChI=1S/C17H15FO2/c1-20-15-8-7-12(11-14(15)18)16(19)17(9-10-17)13-5-3-2-4-6-13/h2-8,11H,9-10H2,1H3. The molecule has 1 saturated carbocycles. The van der Waals surface area contributed by atoms with Crippen LogP contribution in [-0.2, 0) is 5.41 Å². The zero-order valence-electron chi connectivity index (χ0n) is 11.2. The molecule has 0 amide bonds. The van der Waals surface area contributed by atoms with E-state index in [0.29, 0.717) is 5.56 Å². The Hall–Kier alpha value is -2.16. The first-order chi connectivity index (χ1) is 9.67. The maximum Gasteiger partial charge on any atom is 0.173 e. The first-order valence-corrected chi connectivity index (χ1v) is 6.61. The van der Waals surface area contributed by atoms with Crippen molar-refractivity contribution in [2.45, 2.75) is 18.3 Å². The van der Waals surface area contributed by atoms with Crippen LogP contribution in [0.4, 0.5) is 4.39 Å². The number of carbonyl (C=O) groups excluding carboxylic acids is 1. The average molecular weight is 270 g/mol. The molecule has 1 fully saturated rings. The van der Waals surface area contributed by atoms with E-state index in [0.717, 1.165) is 18.4 Å². The number of halogens is 1. The topological polar surface area (TPSA) is 26.3 Å². The second-order valence-corrected chi connectivity index (χ2v) is 5.13. The number of methoxy groups -OCH3 is 1. The SMILES string of the molecule is COc1ccc(C(=O)C2(c3ccccc3)CC2)cc1F. The smallest absolute Gasteiger partial charge is 0.173 e. The maximum atomic E-state index is 13.7. The zero-order chi connectivity index (χ0) is 14.2. The van der Waals surface area contributed by atoms with Crippen LogP contribution in [0.1, 0.15) is 28.8 Å². The molecule has 0 aliphatic heterocycles. The summed E-state index contributed by atoms with van der Waals surface area (Å²) in [4.78, 5) is 12.7. The van der Waals surface area contributed by atoms with E-state index in [9.17, 15) is 9.18 Å². The molecule has 2 aromatic carbocycles. The van der Waals surface area contributed by atoms with Crippen molar-refractivity contribution in [1.82, 2.24) is 0 Å². The van der Waals surface area contributed by atoms with Crippen LogP contribution in [0.3, 0.4) is 0 Å². The van der Waals surface area contributed by atoms with Crippen molar-refractivity contribution in [3.05, 3.63) is 65.5 Å². The fourth-order valence-electron chi connectivity index (χ4n) is 2.61. The summed E-state index contributed by atoms with van der Waals surface area (Å²) in [5, 5.41) is 0. The molecule has 2 aromatic rings. The molecule has 0 saturated heterocycles. The zero-order valence-corrected chi connectivity index (χ0v) is 11.2. The maximum absolute atomic E-state index is 13.7. The summed E-state index contributed by atoms with van der Waals surface area (Å²) in [6.45, 7) is 0. The Kier molecular flexibility index (Phi) is 3.05. The molecular weight excluding hydrogens is 255 g/mol. The van der Waals surface area contributed by atoms with Gasteiger partial charge in [0.2, 0.25) is 0 Å². The van der Waals surface area contributed by atoms with Gasteiger partial charge in [-0.1, -0.05) is 30.3 Å². The number of ketones is 1. The first-order valence-electron chi connectivity index (χ1n) is 6.61. The van der Waals surface area contributed by atoms with Crippen molar-refractivity contribution in [2.24, 2.45) is 0 Å². The summed E-state index contributed by atoms with van der Waals surface area (Å²) >= 11 is 0. The molecule has 3 rings (SSSR count). The fourth-order valence-corrected chi connectivity index (χ4v) is 2.61. The summed E-state index contributed by atoms with van der Waals surface area (Å²) < 4.78 is 18.6. The number of hydrogen-bond donors (Lipinski definition) is 0. The molecule has 20 heavy (non-hydrogen) atoms. The normalized spacial score (nSPS) is 15.7. The second kappa shape index (κ2) is 4.75. The highest BCUT2D eigenvalue weighted by Gasteiger charge is 2.51. The summed E-state index contributed by atoms with van der Waals surface area (Å²) in [6.07, 6.45) is 1.65. The molecule has 1 aliphatic carbocycles. The van der Waals surface area contributed by atoms with Crippen LogP contribution < -0.4 is 4.74 Å². The number of hydrogen-bond acceptors (Lipinski definition) is 2. The molecule has 1 aliphatic rings. The Morgan fingerprint density at radius 2 is 1.85 bits per heavy atom. The van der Waals surface area contributed by atoms with Crippen LogP contribution >= 0.6 is 0 Å². The third kappa shape index (κ3) is 1.99. The summed E-state index contributed by atoms with van der Waals surface area (Å²) in [5.41, 5.74) is 0.966. The molecular formula is C17H15FO2. The molecule has 0 heterocycles. The van der Waals surface area contributed by atoms with Gasteiger partial charge >= 0.3 is 0 Å². The van der Waals surface area contributed by atoms with Gasteiger partial charge in [0, 0.05) is 5.56 Å². The minimum absolute atomic E-state index is 0.00902. The number of Topliss-reactive ketones (excluding diaryl/α,β-unsaturated/α-hetero) is 1. The highest BCUT2D eigenvalue weighted by Crippen LogP contribution is 2.50. The Morgan fingerprint density at radius 1 is 1.15 bits per heavy atom. The predicted molar refractivity (Wildman–Crippen MR) is 74.6 cm³/mol. The van der Waals surface area contributed by atoms with Crippen molar-refractivity contribution in [3.8, 4) is 5.75 Å². The molecule has 0 N–H and O–H groups in total. The lowest BCUT2D eigenvalue weighted by atomic mass is 9.87. The van der Waals surface area contributed by atoms with Crippen LogP contribution in [0.5, 0.6) is 5.75 Å². The minimum Gasteiger partial charge on any atom is -0.494 e. The van der Waals surface area contributed by atoms with E-state index in [4.69, 9.17) is 4.74 Å². The number of benzene rings is 2. The van der Waals surface area contributed by atoms with Crippen LogP contribution in [0.15, 0.2) is 48.5 Å². The number of carbonyl (C=O) groups is 1. The van der Waals surface area contributed by atoms with Crippen molar-refractivity contribution in [1.29, 1.82) is 0 Å². The second-order valence-electron chi connectivity index (χ2n) is 5.13. The fraction of sp³-hybridized carbons (Fsp3) is 0.235. The summed E-state index contributed by atoms with van der Waals surface area (Å²) in [6, 6.07) is 14.1. The van der Waals surface area contributed by atoms with Gasteiger partial charge in [0.1, 0.15) is 0 Å². The lowest BCUT2D eigenvalue weighted by Gasteiger charge is -2.15. The van der Waals surface area contributed by atoms with E-state index in [2.05, 4.69) is 0 Å². The van der Waals surface area contributed by atoms with E-state index in [-0.39, 0.29) is 11.5 Å². The van der Waals surface area contributed by atoms with Gasteiger partial charge in [-0.25, -0.2) is 4.39 Å². The van der Waals surface area contributed by atoms with Gasteiger partial charge in [-0.15, -0.1) is 0 Å². The molecule has 0 atom stereocenters. The molecule has 0 bridgehead atoms. The van der Waals surface area contributed by atoms with Gasteiger partial charge in [-0.3, -0.25) is 4.79 Å². The molecule has 0 aromatic heterocycles. The van der Waals surface area contributed by atoms with Gasteiger partial charge in [0.05, 0.1) is 12.5 Å². The minimum atomic E-state index is -0.498. The molecule has 0 unspecified atom stereocenters. The Balaban J connectivity index is 1.95. The Morgan fingerprint density at radius 3 is 2.40 bits per heavy atom. The van der Waals surface area contributed by atoms with Crippen molar-refractivity contribution >= 4 is 5.78 Å². The van der Waals surface area contributed by atoms with Gasteiger partial charge < -0.3 is 4.74 Å².